The van der Waals surface area contributed by atoms with Gasteiger partial charge in [-0.1, -0.05) is 0 Å². The van der Waals surface area contributed by atoms with Crippen molar-refractivity contribution in [2.24, 2.45) is 0 Å². The van der Waals surface area contributed by atoms with E-state index in [1.165, 1.54) is 11.8 Å². The van der Waals surface area contributed by atoms with Crippen molar-refractivity contribution in [3.63, 3.8) is 0 Å². The molecule has 1 aliphatic heterocycles. The molecule has 0 bridgehead atoms. The van der Waals surface area contributed by atoms with E-state index in [2.05, 4.69) is 10.6 Å². The summed E-state index contributed by atoms with van der Waals surface area (Å²) in [7, 11) is 4.72. The molecule has 0 aromatic heterocycles. The van der Waals surface area contributed by atoms with Gasteiger partial charge in [-0.05, 0) is 62.4 Å². The van der Waals surface area contributed by atoms with Gasteiger partial charge in [-0.15, -0.1) is 0 Å². The van der Waals surface area contributed by atoms with Crippen LogP contribution in [-0.4, -0.2) is 49.3 Å². The summed E-state index contributed by atoms with van der Waals surface area (Å²) in [6, 6.07) is 13.5. The van der Waals surface area contributed by atoms with Gasteiger partial charge in [-0.3, -0.25) is 14.4 Å². The molecule has 1 unspecified atom stereocenters. The summed E-state index contributed by atoms with van der Waals surface area (Å²) in [5, 5.41) is 5.46. The third kappa shape index (κ3) is 3.96. The normalized spacial score (nSPS) is 18.1. The van der Waals surface area contributed by atoms with E-state index in [1.807, 2.05) is 0 Å². The maximum absolute atomic E-state index is 13.3. The zero-order valence-electron chi connectivity index (χ0n) is 18.1. The largest absolute Gasteiger partial charge is 0.497 e. The van der Waals surface area contributed by atoms with Crippen molar-refractivity contribution in [3.8, 4) is 11.5 Å². The van der Waals surface area contributed by atoms with Gasteiger partial charge < -0.3 is 25.0 Å². The molecule has 2 N–H and O–H groups in total. The molecule has 1 atom stereocenters. The maximum Gasteiger partial charge on any atom is 0.261 e. The van der Waals surface area contributed by atoms with Crippen molar-refractivity contribution in [2.45, 2.75) is 19.4 Å². The van der Waals surface area contributed by atoms with Crippen LogP contribution < -0.4 is 20.1 Å². The monoisotopic (exact) mass is 423 g/mol. The Labute approximate surface area is 180 Å². The summed E-state index contributed by atoms with van der Waals surface area (Å²) in [4.78, 5) is 40.7. The number of carbonyl (C=O) groups is 3. The Hall–Kier alpha value is -3.81. The third-order valence-corrected chi connectivity index (χ3v) is 5.57. The van der Waals surface area contributed by atoms with Crippen LogP contribution in [-0.2, 0) is 14.4 Å². The smallest absolute Gasteiger partial charge is 0.261 e. The average molecular weight is 423 g/mol. The fourth-order valence-electron chi connectivity index (χ4n) is 3.38. The van der Waals surface area contributed by atoms with E-state index in [4.69, 9.17) is 9.47 Å². The molecule has 162 valence electrons. The van der Waals surface area contributed by atoms with Gasteiger partial charge in [0.15, 0.2) is 5.54 Å². The number of amides is 2. The van der Waals surface area contributed by atoms with Crippen LogP contribution in [0.4, 0.5) is 11.4 Å². The highest BCUT2D eigenvalue weighted by Crippen LogP contribution is 2.34. The fraction of sp³-hybridized carbons (Fsp3) is 0.261. The molecule has 0 saturated heterocycles. The number of methoxy groups -OCH3 is 2. The minimum absolute atomic E-state index is 0.0503. The average Bonchev–Trinajstić information content (AvgIpc) is 2.95. The molecule has 0 aliphatic carbocycles. The van der Waals surface area contributed by atoms with Gasteiger partial charge >= 0.3 is 0 Å². The van der Waals surface area contributed by atoms with Gasteiger partial charge in [0.25, 0.3) is 11.8 Å². The number of nitrogens with zero attached hydrogens (tertiary/aromatic N) is 1. The first-order valence-electron chi connectivity index (χ1n) is 9.62. The zero-order chi connectivity index (χ0) is 22.8. The molecular formula is C23H25N3O5. The predicted octanol–water partition coefficient (Wildman–Crippen LogP) is 2.83. The Kier molecular flexibility index (Phi) is 6.01. The first kappa shape index (κ1) is 21.9. The van der Waals surface area contributed by atoms with Gasteiger partial charge in [0.2, 0.25) is 5.78 Å². The molecule has 8 nitrogen and oxygen atoms in total. The number of allylic oxidation sites excluding steroid dienone is 1. The molecule has 2 aromatic carbocycles. The Morgan fingerprint density at radius 2 is 1.32 bits per heavy atom. The number of ketones is 1. The Bertz CT molecular complexity index is 1040. The summed E-state index contributed by atoms with van der Waals surface area (Å²) >= 11 is 0. The first-order chi connectivity index (χ1) is 14.7. The molecule has 3 rings (SSSR count). The lowest BCUT2D eigenvalue weighted by molar-refractivity contribution is -0.134. The second-order valence-electron chi connectivity index (χ2n) is 7.29. The molecular weight excluding hydrogens is 398 g/mol. The number of Topliss-reactive ketones (excluding diaryl/α,β-unsaturated/α-hetero) is 1. The molecule has 0 radical (unpaired) electrons. The summed E-state index contributed by atoms with van der Waals surface area (Å²) in [6.07, 6.45) is 0. The minimum atomic E-state index is -1.56. The number of ether oxygens (including phenoxy) is 2. The number of anilines is 2. The highest BCUT2D eigenvalue weighted by Gasteiger charge is 2.53. The van der Waals surface area contributed by atoms with E-state index < -0.39 is 23.1 Å². The number of likely N-dealkylation sites (N-methyl/N-ethyl adjacent to an activating group) is 1. The van der Waals surface area contributed by atoms with E-state index >= 15 is 0 Å². The summed E-state index contributed by atoms with van der Waals surface area (Å²) in [5.74, 6) is -0.372. The highest BCUT2D eigenvalue weighted by atomic mass is 16.5. The molecule has 2 aromatic rings. The lowest BCUT2D eigenvalue weighted by Gasteiger charge is -2.32. The fourth-order valence-corrected chi connectivity index (χ4v) is 3.38. The number of hydrogen-bond donors (Lipinski definition) is 2. The molecule has 2 amide bonds. The lowest BCUT2D eigenvalue weighted by atomic mass is 9.92. The van der Waals surface area contributed by atoms with Crippen molar-refractivity contribution in [3.05, 3.63) is 59.8 Å². The van der Waals surface area contributed by atoms with Crippen LogP contribution in [0.15, 0.2) is 59.8 Å². The van der Waals surface area contributed by atoms with Crippen molar-refractivity contribution < 1.29 is 23.9 Å². The van der Waals surface area contributed by atoms with Crippen molar-refractivity contribution in [1.82, 2.24) is 4.90 Å². The molecule has 0 spiro atoms. The predicted molar refractivity (Wildman–Crippen MR) is 117 cm³/mol. The number of rotatable bonds is 6. The van der Waals surface area contributed by atoms with Gasteiger partial charge in [0.05, 0.1) is 14.2 Å². The SMILES string of the molecule is COc1ccc(NC(=O)C2=C(C)N(C)C(C)(C(=O)Nc3ccc(OC)cc3)C2=O)cc1. The minimum Gasteiger partial charge on any atom is -0.497 e. The topological polar surface area (TPSA) is 97.0 Å². The van der Waals surface area contributed by atoms with Crippen LogP contribution in [0.3, 0.4) is 0 Å². The highest BCUT2D eigenvalue weighted by molar-refractivity contribution is 6.34. The summed E-state index contributed by atoms with van der Waals surface area (Å²) in [5.41, 5.74) is -0.162. The molecule has 0 fully saturated rings. The first-order valence-corrected chi connectivity index (χ1v) is 9.62. The third-order valence-electron chi connectivity index (χ3n) is 5.57. The van der Waals surface area contributed by atoms with Crippen molar-refractivity contribution >= 4 is 29.0 Å². The Morgan fingerprint density at radius 3 is 1.77 bits per heavy atom. The summed E-state index contributed by atoms with van der Waals surface area (Å²) in [6.45, 7) is 3.15. The second-order valence-corrected chi connectivity index (χ2v) is 7.29. The number of carbonyl (C=O) groups excluding carboxylic acids is 3. The van der Waals surface area contributed by atoms with Gasteiger partial charge in [-0.25, -0.2) is 0 Å². The zero-order valence-corrected chi connectivity index (χ0v) is 18.1. The van der Waals surface area contributed by atoms with Crippen LogP contribution in [0.25, 0.3) is 0 Å². The van der Waals surface area contributed by atoms with Crippen LogP contribution in [0, 0.1) is 0 Å². The number of nitrogens with one attached hydrogen (secondary N) is 2. The van der Waals surface area contributed by atoms with Crippen LogP contribution >= 0.6 is 0 Å². The van der Waals surface area contributed by atoms with Gasteiger partial charge in [-0.2, -0.15) is 0 Å². The van der Waals surface area contributed by atoms with Crippen LogP contribution in [0.1, 0.15) is 13.8 Å². The van der Waals surface area contributed by atoms with E-state index in [0.29, 0.717) is 28.6 Å². The quantitative estimate of drug-likeness (QED) is 0.548. The van der Waals surface area contributed by atoms with E-state index in [1.54, 1.807) is 76.7 Å². The molecule has 0 saturated carbocycles. The van der Waals surface area contributed by atoms with Crippen LogP contribution in [0.2, 0.25) is 0 Å². The van der Waals surface area contributed by atoms with Crippen molar-refractivity contribution in [1.29, 1.82) is 0 Å². The van der Waals surface area contributed by atoms with Crippen molar-refractivity contribution in [2.75, 3.05) is 31.9 Å². The maximum atomic E-state index is 13.3. The van der Waals surface area contributed by atoms with E-state index in [-0.39, 0.29) is 5.57 Å². The van der Waals surface area contributed by atoms with Gasteiger partial charge in [0, 0.05) is 24.1 Å². The van der Waals surface area contributed by atoms with E-state index in [0.717, 1.165) is 0 Å². The molecule has 1 heterocycles. The summed E-state index contributed by atoms with van der Waals surface area (Å²) < 4.78 is 10.2. The second kappa shape index (κ2) is 8.51. The van der Waals surface area contributed by atoms with Crippen LogP contribution in [0.5, 0.6) is 11.5 Å². The molecule has 8 heteroatoms. The van der Waals surface area contributed by atoms with Gasteiger partial charge in [0.1, 0.15) is 17.1 Å². The molecule has 31 heavy (non-hydrogen) atoms. The number of benzene rings is 2. The Morgan fingerprint density at radius 1 is 0.871 bits per heavy atom. The number of hydrogen-bond acceptors (Lipinski definition) is 6. The van der Waals surface area contributed by atoms with E-state index in [9.17, 15) is 14.4 Å². The lowest BCUT2D eigenvalue weighted by Crippen LogP contribution is -2.54. The standard InChI is InChI=1S/C23H25N3O5/c1-14-19(21(28)24-15-6-10-17(30-4)11-7-15)20(27)23(2,26(14)3)22(29)25-16-8-12-18(31-5)13-9-16/h6-13H,1-5H3,(H,24,28)(H,25,29). The Balaban J connectivity index is 1.79. The molecule has 1 aliphatic rings.